The molecular weight excluding hydrogens is 254 g/mol. The maximum Gasteiger partial charge on any atom is 0.251 e. The highest BCUT2D eigenvalue weighted by atomic mass is 16.2. The number of aromatic nitrogens is 1. The molecule has 5 nitrogen and oxygen atoms in total. The Morgan fingerprint density at radius 1 is 1.25 bits per heavy atom. The average Bonchev–Trinajstić information content (AvgIpc) is 2.97. The van der Waals surface area contributed by atoms with Crippen molar-refractivity contribution in [3.8, 4) is 0 Å². The molecular formula is C15H15N3O2. The van der Waals surface area contributed by atoms with Gasteiger partial charge in [-0.25, -0.2) is 0 Å². The van der Waals surface area contributed by atoms with Gasteiger partial charge in [0.25, 0.3) is 5.91 Å². The number of amides is 2. The molecule has 3 N–H and O–H groups in total. The number of fused-ring (bicyclic) bond motifs is 1. The summed E-state index contributed by atoms with van der Waals surface area (Å²) < 4.78 is 0. The van der Waals surface area contributed by atoms with Crippen molar-refractivity contribution >= 4 is 17.5 Å². The first kappa shape index (κ1) is 12.5. The Bertz CT molecular complexity index is 647. The monoisotopic (exact) mass is 269 g/mol. The van der Waals surface area contributed by atoms with Gasteiger partial charge in [-0.1, -0.05) is 0 Å². The molecule has 0 saturated heterocycles. The summed E-state index contributed by atoms with van der Waals surface area (Å²) >= 11 is 0. The second kappa shape index (κ2) is 5.21. The molecule has 102 valence electrons. The van der Waals surface area contributed by atoms with E-state index in [4.69, 9.17) is 0 Å². The first-order valence-corrected chi connectivity index (χ1v) is 6.55. The van der Waals surface area contributed by atoms with E-state index in [0.717, 1.165) is 16.8 Å². The number of hydrogen-bond donors (Lipinski definition) is 3. The quantitative estimate of drug-likeness (QED) is 0.795. The van der Waals surface area contributed by atoms with Gasteiger partial charge in [0.05, 0.1) is 0 Å². The van der Waals surface area contributed by atoms with Gasteiger partial charge in [-0.15, -0.1) is 0 Å². The SMILES string of the molecule is O=C1CCc2cc(C(=O)NCc3cc[nH]c3)ccc2N1. The predicted octanol–water partition coefficient (Wildman–Crippen LogP) is 1.83. The van der Waals surface area contributed by atoms with E-state index in [2.05, 4.69) is 15.6 Å². The van der Waals surface area contributed by atoms with Gasteiger partial charge < -0.3 is 15.6 Å². The topological polar surface area (TPSA) is 74.0 Å². The van der Waals surface area contributed by atoms with E-state index < -0.39 is 0 Å². The molecule has 1 aromatic heterocycles. The number of hydrogen-bond acceptors (Lipinski definition) is 2. The van der Waals surface area contributed by atoms with E-state index >= 15 is 0 Å². The molecule has 1 aromatic carbocycles. The lowest BCUT2D eigenvalue weighted by Gasteiger charge is -2.17. The predicted molar refractivity (Wildman–Crippen MR) is 75.4 cm³/mol. The maximum absolute atomic E-state index is 12.1. The summed E-state index contributed by atoms with van der Waals surface area (Å²) in [6.45, 7) is 0.496. The minimum atomic E-state index is -0.106. The van der Waals surface area contributed by atoms with Crippen molar-refractivity contribution in [3.05, 3.63) is 53.3 Å². The van der Waals surface area contributed by atoms with Crippen LogP contribution in [0.3, 0.4) is 0 Å². The van der Waals surface area contributed by atoms with E-state index in [-0.39, 0.29) is 11.8 Å². The molecule has 1 aliphatic rings. The molecule has 0 fully saturated rings. The Labute approximate surface area is 116 Å². The lowest BCUT2D eigenvalue weighted by Crippen LogP contribution is -2.24. The Morgan fingerprint density at radius 3 is 2.95 bits per heavy atom. The number of nitrogens with one attached hydrogen (secondary N) is 3. The average molecular weight is 269 g/mol. The summed E-state index contributed by atoms with van der Waals surface area (Å²) in [6, 6.07) is 7.29. The molecule has 0 unspecified atom stereocenters. The molecule has 0 bridgehead atoms. The number of anilines is 1. The highest BCUT2D eigenvalue weighted by Crippen LogP contribution is 2.23. The van der Waals surface area contributed by atoms with Crippen molar-refractivity contribution < 1.29 is 9.59 Å². The van der Waals surface area contributed by atoms with Crippen LogP contribution in [0, 0.1) is 0 Å². The zero-order chi connectivity index (χ0) is 13.9. The number of benzene rings is 1. The fourth-order valence-electron chi connectivity index (χ4n) is 2.28. The van der Waals surface area contributed by atoms with Gasteiger partial charge in [-0.2, -0.15) is 0 Å². The first-order valence-electron chi connectivity index (χ1n) is 6.55. The van der Waals surface area contributed by atoms with E-state index in [0.29, 0.717) is 24.9 Å². The van der Waals surface area contributed by atoms with Gasteiger partial charge in [-0.05, 0) is 41.8 Å². The summed E-state index contributed by atoms with van der Waals surface area (Å²) in [7, 11) is 0. The van der Waals surface area contributed by atoms with Crippen LogP contribution in [0.4, 0.5) is 5.69 Å². The highest BCUT2D eigenvalue weighted by molar-refractivity contribution is 5.97. The summed E-state index contributed by atoms with van der Waals surface area (Å²) in [4.78, 5) is 26.3. The van der Waals surface area contributed by atoms with Gasteiger partial charge in [0.1, 0.15) is 0 Å². The molecule has 2 aromatic rings. The van der Waals surface area contributed by atoms with Gasteiger partial charge in [0.15, 0.2) is 0 Å². The maximum atomic E-state index is 12.1. The third kappa shape index (κ3) is 2.56. The number of carbonyl (C=O) groups is 2. The van der Waals surface area contributed by atoms with Crippen LogP contribution in [-0.4, -0.2) is 16.8 Å². The molecule has 0 aliphatic carbocycles. The van der Waals surface area contributed by atoms with Crippen LogP contribution in [0.15, 0.2) is 36.7 Å². The number of H-pyrrole nitrogens is 1. The van der Waals surface area contributed by atoms with Gasteiger partial charge >= 0.3 is 0 Å². The lowest BCUT2D eigenvalue weighted by atomic mass is 10.00. The van der Waals surface area contributed by atoms with E-state index in [9.17, 15) is 9.59 Å². The van der Waals surface area contributed by atoms with Crippen molar-refractivity contribution in [2.24, 2.45) is 0 Å². The number of aryl methyl sites for hydroxylation is 1. The van der Waals surface area contributed by atoms with Crippen LogP contribution in [0.5, 0.6) is 0 Å². The van der Waals surface area contributed by atoms with E-state index in [1.54, 1.807) is 12.1 Å². The minimum absolute atomic E-state index is 0.0298. The van der Waals surface area contributed by atoms with Crippen molar-refractivity contribution in [2.45, 2.75) is 19.4 Å². The van der Waals surface area contributed by atoms with Crippen LogP contribution in [0.2, 0.25) is 0 Å². The third-order valence-corrected chi connectivity index (χ3v) is 3.38. The summed E-state index contributed by atoms with van der Waals surface area (Å²) in [5.41, 5.74) is 3.47. The Kier molecular flexibility index (Phi) is 3.25. The smallest absolute Gasteiger partial charge is 0.251 e. The molecule has 20 heavy (non-hydrogen) atoms. The molecule has 2 amide bonds. The Morgan fingerprint density at radius 2 is 2.15 bits per heavy atom. The van der Waals surface area contributed by atoms with Crippen LogP contribution in [-0.2, 0) is 17.8 Å². The second-order valence-corrected chi connectivity index (χ2v) is 4.82. The Hall–Kier alpha value is -2.56. The molecule has 0 spiro atoms. The fourth-order valence-corrected chi connectivity index (χ4v) is 2.28. The summed E-state index contributed by atoms with van der Waals surface area (Å²) in [5.74, 6) is -0.0759. The molecule has 0 atom stereocenters. The number of aromatic amines is 1. The lowest BCUT2D eigenvalue weighted by molar-refractivity contribution is -0.116. The van der Waals surface area contributed by atoms with Crippen molar-refractivity contribution in [1.82, 2.24) is 10.3 Å². The van der Waals surface area contributed by atoms with Gasteiger partial charge in [0, 0.05) is 36.6 Å². The van der Waals surface area contributed by atoms with Crippen LogP contribution in [0.25, 0.3) is 0 Å². The second-order valence-electron chi connectivity index (χ2n) is 4.82. The normalized spacial score (nSPS) is 13.5. The van der Waals surface area contributed by atoms with Crippen molar-refractivity contribution in [2.75, 3.05) is 5.32 Å². The molecule has 0 saturated carbocycles. The number of carbonyl (C=O) groups excluding carboxylic acids is 2. The molecule has 1 aliphatic heterocycles. The largest absolute Gasteiger partial charge is 0.367 e. The molecule has 5 heteroatoms. The van der Waals surface area contributed by atoms with Gasteiger partial charge in [0.2, 0.25) is 5.91 Å². The van der Waals surface area contributed by atoms with Crippen molar-refractivity contribution in [1.29, 1.82) is 0 Å². The van der Waals surface area contributed by atoms with Gasteiger partial charge in [-0.3, -0.25) is 9.59 Å². The summed E-state index contributed by atoms with van der Waals surface area (Å²) in [5, 5.41) is 5.68. The van der Waals surface area contributed by atoms with Crippen molar-refractivity contribution in [3.63, 3.8) is 0 Å². The zero-order valence-corrected chi connectivity index (χ0v) is 10.9. The van der Waals surface area contributed by atoms with Crippen LogP contribution >= 0.6 is 0 Å². The standard InChI is InChI=1S/C15H15N3O2/c19-14-4-2-11-7-12(1-3-13(11)18-14)15(20)17-9-10-5-6-16-8-10/h1,3,5-8,16H,2,4,9H2,(H,17,20)(H,18,19). The van der Waals surface area contributed by atoms with E-state index in [1.807, 2.05) is 24.5 Å². The fraction of sp³-hybridized carbons (Fsp3) is 0.200. The summed E-state index contributed by atoms with van der Waals surface area (Å²) in [6.07, 6.45) is 4.83. The molecule has 3 rings (SSSR count). The first-order chi connectivity index (χ1) is 9.72. The minimum Gasteiger partial charge on any atom is -0.367 e. The third-order valence-electron chi connectivity index (χ3n) is 3.38. The Balaban J connectivity index is 1.70. The number of rotatable bonds is 3. The molecule has 2 heterocycles. The van der Waals surface area contributed by atoms with E-state index in [1.165, 1.54) is 0 Å². The van der Waals surface area contributed by atoms with Crippen LogP contribution in [0.1, 0.15) is 27.9 Å². The van der Waals surface area contributed by atoms with Crippen LogP contribution < -0.4 is 10.6 Å². The zero-order valence-electron chi connectivity index (χ0n) is 10.9. The molecule has 0 radical (unpaired) electrons. The highest BCUT2D eigenvalue weighted by Gasteiger charge is 2.16.